The first-order valence-electron chi connectivity index (χ1n) is 8.04. The summed E-state index contributed by atoms with van der Waals surface area (Å²) in [5.41, 5.74) is -0.370. The van der Waals surface area contributed by atoms with Crippen LogP contribution in [0.2, 0.25) is 0 Å². The highest BCUT2D eigenvalue weighted by Gasteiger charge is 2.27. The molecule has 0 N–H and O–H groups in total. The zero-order chi connectivity index (χ0) is 14.9. The Morgan fingerprint density at radius 3 is 2.11 bits per heavy atom. The van der Waals surface area contributed by atoms with Crippen LogP contribution in [-0.2, 0) is 9.53 Å². The number of unbranched alkanes of at least 4 members (excludes halogenated alkanes) is 4. The van der Waals surface area contributed by atoms with Gasteiger partial charge < -0.3 is 4.74 Å². The molecule has 114 valence electrons. The van der Waals surface area contributed by atoms with Gasteiger partial charge in [0.05, 0.1) is 5.92 Å². The molecule has 2 nitrogen and oxygen atoms in total. The average molecular weight is 270 g/mol. The fraction of sp³-hybridized carbons (Fsp3) is 0.941. The minimum absolute atomic E-state index is 0.0235. The van der Waals surface area contributed by atoms with Gasteiger partial charge in [-0.3, -0.25) is 4.79 Å². The summed E-state index contributed by atoms with van der Waals surface area (Å²) in [7, 11) is 0. The summed E-state index contributed by atoms with van der Waals surface area (Å²) in [5.74, 6) is 0.458. The first-order valence-corrected chi connectivity index (χ1v) is 8.04. The van der Waals surface area contributed by atoms with Gasteiger partial charge in [-0.15, -0.1) is 0 Å². The molecule has 0 aliphatic rings. The Labute approximate surface area is 120 Å². The van der Waals surface area contributed by atoms with Crippen LogP contribution < -0.4 is 0 Å². The van der Waals surface area contributed by atoms with Crippen LogP contribution >= 0.6 is 0 Å². The lowest BCUT2D eigenvalue weighted by molar-refractivity contribution is -0.161. The van der Waals surface area contributed by atoms with Crippen molar-refractivity contribution in [2.75, 3.05) is 0 Å². The molecule has 2 heteroatoms. The van der Waals surface area contributed by atoms with Gasteiger partial charge in [0.25, 0.3) is 0 Å². The number of carbonyl (C=O) groups is 1. The van der Waals surface area contributed by atoms with Crippen molar-refractivity contribution >= 4 is 5.97 Å². The maximum atomic E-state index is 12.1. The second-order valence-electron chi connectivity index (χ2n) is 6.69. The highest BCUT2D eigenvalue weighted by molar-refractivity contribution is 5.72. The summed E-state index contributed by atoms with van der Waals surface area (Å²) in [6.45, 7) is 12.2. The van der Waals surface area contributed by atoms with Crippen molar-refractivity contribution in [3.8, 4) is 0 Å². The fourth-order valence-corrected chi connectivity index (χ4v) is 2.40. The Kier molecular flexibility index (Phi) is 9.12. The van der Waals surface area contributed by atoms with E-state index in [1.807, 2.05) is 27.7 Å². The minimum Gasteiger partial charge on any atom is -0.460 e. The van der Waals surface area contributed by atoms with Crippen LogP contribution in [-0.4, -0.2) is 11.6 Å². The summed E-state index contributed by atoms with van der Waals surface area (Å²) in [5, 5.41) is 0. The Bertz CT molecular complexity index is 240. The third-order valence-electron chi connectivity index (χ3n) is 3.69. The summed E-state index contributed by atoms with van der Waals surface area (Å²) < 4.78 is 5.49. The lowest BCUT2D eigenvalue weighted by Crippen LogP contribution is -2.31. The molecule has 0 rings (SSSR count). The van der Waals surface area contributed by atoms with Gasteiger partial charge in [-0.05, 0) is 33.1 Å². The van der Waals surface area contributed by atoms with E-state index in [0.29, 0.717) is 5.92 Å². The molecule has 0 amide bonds. The molecule has 0 aromatic rings. The molecule has 0 spiro atoms. The van der Waals surface area contributed by atoms with E-state index in [-0.39, 0.29) is 17.5 Å². The number of ether oxygens (including phenoxy) is 1. The molecule has 0 aromatic heterocycles. The van der Waals surface area contributed by atoms with Crippen LogP contribution in [0.15, 0.2) is 0 Å². The number of hydrogen-bond acceptors (Lipinski definition) is 2. The predicted molar refractivity (Wildman–Crippen MR) is 82.2 cm³/mol. The SMILES string of the molecule is CCCCCCCC(CC)C(C)C(=O)OC(C)(C)C. The highest BCUT2D eigenvalue weighted by Crippen LogP contribution is 2.25. The van der Waals surface area contributed by atoms with Crippen LogP contribution in [0.5, 0.6) is 0 Å². The molecule has 0 heterocycles. The van der Waals surface area contributed by atoms with Gasteiger partial charge in [0.1, 0.15) is 5.60 Å². The summed E-state index contributed by atoms with van der Waals surface area (Å²) in [6.07, 6.45) is 8.70. The molecule has 0 aliphatic carbocycles. The van der Waals surface area contributed by atoms with Gasteiger partial charge in [0, 0.05) is 0 Å². The first-order chi connectivity index (χ1) is 8.81. The lowest BCUT2D eigenvalue weighted by atomic mass is 9.86. The summed E-state index contributed by atoms with van der Waals surface area (Å²) >= 11 is 0. The molecule has 0 fully saturated rings. The Balaban J connectivity index is 4.09. The fourth-order valence-electron chi connectivity index (χ4n) is 2.40. The molecular formula is C17H34O2. The van der Waals surface area contributed by atoms with E-state index in [1.165, 1.54) is 32.1 Å². The molecule has 0 aliphatic heterocycles. The molecule has 19 heavy (non-hydrogen) atoms. The van der Waals surface area contributed by atoms with E-state index in [4.69, 9.17) is 4.74 Å². The van der Waals surface area contributed by atoms with Crippen molar-refractivity contribution in [2.45, 2.75) is 92.1 Å². The summed E-state index contributed by atoms with van der Waals surface area (Å²) in [4.78, 5) is 12.1. The number of esters is 1. The zero-order valence-corrected chi connectivity index (χ0v) is 13.9. The second-order valence-corrected chi connectivity index (χ2v) is 6.69. The molecule has 0 bridgehead atoms. The van der Waals surface area contributed by atoms with Crippen molar-refractivity contribution in [1.82, 2.24) is 0 Å². The van der Waals surface area contributed by atoms with E-state index in [0.717, 1.165) is 12.8 Å². The number of rotatable bonds is 9. The Morgan fingerprint density at radius 1 is 1.05 bits per heavy atom. The maximum absolute atomic E-state index is 12.1. The molecule has 2 atom stereocenters. The van der Waals surface area contributed by atoms with Crippen LogP contribution in [0.25, 0.3) is 0 Å². The normalized spacial score (nSPS) is 15.1. The third-order valence-corrected chi connectivity index (χ3v) is 3.69. The van der Waals surface area contributed by atoms with Gasteiger partial charge in [-0.2, -0.15) is 0 Å². The van der Waals surface area contributed by atoms with E-state index >= 15 is 0 Å². The van der Waals surface area contributed by atoms with Gasteiger partial charge in [0.2, 0.25) is 0 Å². The topological polar surface area (TPSA) is 26.3 Å². The zero-order valence-electron chi connectivity index (χ0n) is 13.9. The maximum Gasteiger partial charge on any atom is 0.309 e. The van der Waals surface area contributed by atoms with E-state index in [2.05, 4.69) is 13.8 Å². The Hall–Kier alpha value is -0.530. The highest BCUT2D eigenvalue weighted by atomic mass is 16.6. The van der Waals surface area contributed by atoms with Crippen LogP contribution in [0.1, 0.15) is 86.5 Å². The quantitative estimate of drug-likeness (QED) is 0.417. The predicted octanol–water partition coefficient (Wildman–Crippen LogP) is 5.35. The second kappa shape index (κ2) is 9.39. The van der Waals surface area contributed by atoms with Crippen LogP contribution in [0.4, 0.5) is 0 Å². The lowest BCUT2D eigenvalue weighted by Gasteiger charge is -2.26. The van der Waals surface area contributed by atoms with Gasteiger partial charge in [0.15, 0.2) is 0 Å². The molecule has 0 saturated heterocycles. The molecule has 0 radical (unpaired) electrons. The molecule has 2 unspecified atom stereocenters. The molecular weight excluding hydrogens is 236 g/mol. The third kappa shape index (κ3) is 9.07. The largest absolute Gasteiger partial charge is 0.460 e. The summed E-state index contributed by atoms with van der Waals surface area (Å²) in [6, 6.07) is 0. The van der Waals surface area contributed by atoms with Crippen molar-refractivity contribution in [3.63, 3.8) is 0 Å². The molecule has 0 saturated carbocycles. The van der Waals surface area contributed by atoms with Crippen molar-refractivity contribution in [1.29, 1.82) is 0 Å². The average Bonchev–Trinajstić information content (AvgIpc) is 2.31. The van der Waals surface area contributed by atoms with Gasteiger partial charge in [-0.1, -0.05) is 59.3 Å². The van der Waals surface area contributed by atoms with E-state index < -0.39 is 0 Å². The van der Waals surface area contributed by atoms with Crippen LogP contribution in [0.3, 0.4) is 0 Å². The standard InChI is InChI=1S/C17H34O2/c1-7-9-10-11-12-13-15(8-2)14(3)16(18)19-17(4,5)6/h14-15H,7-13H2,1-6H3. The van der Waals surface area contributed by atoms with Crippen molar-refractivity contribution < 1.29 is 9.53 Å². The van der Waals surface area contributed by atoms with E-state index in [1.54, 1.807) is 0 Å². The number of hydrogen-bond donors (Lipinski definition) is 0. The Morgan fingerprint density at radius 2 is 1.63 bits per heavy atom. The van der Waals surface area contributed by atoms with Crippen LogP contribution in [0, 0.1) is 11.8 Å². The van der Waals surface area contributed by atoms with Crippen molar-refractivity contribution in [2.24, 2.45) is 11.8 Å². The number of carbonyl (C=O) groups excluding carboxylic acids is 1. The minimum atomic E-state index is -0.370. The molecule has 0 aromatic carbocycles. The van der Waals surface area contributed by atoms with Crippen molar-refractivity contribution in [3.05, 3.63) is 0 Å². The monoisotopic (exact) mass is 270 g/mol. The first kappa shape index (κ1) is 18.5. The van der Waals surface area contributed by atoms with E-state index in [9.17, 15) is 4.79 Å². The van der Waals surface area contributed by atoms with Gasteiger partial charge in [-0.25, -0.2) is 0 Å². The van der Waals surface area contributed by atoms with Gasteiger partial charge >= 0.3 is 5.97 Å². The smallest absolute Gasteiger partial charge is 0.309 e.